The van der Waals surface area contributed by atoms with Crippen LogP contribution in [0, 0.1) is 0 Å². The van der Waals surface area contributed by atoms with Gasteiger partial charge < -0.3 is 17.7 Å². The van der Waals surface area contributed by atoms with Crippen LogP contribution in [0.4, 0.5) is 0 Å². The summed E-state index contributed by atoms with van der Waals surface area (Å²) < 4.78 is 24.2. The molecule has 0 aliphatic carbocycles. The van der Waals surface area contributed by atoms with Crippen molar-refractivity contribution in [1.82, 2.24) is 0 Å². The number of hydrogen-bond donors (Lipinski definition) is 0. The highest BCUT2D eigenvalue weighted by Gasteiger charge is 2.35. The normalized spacial score (nSPS) is 12.8. The van der Waals surface area contributed by atoms with Gasteiger partial charge >= 0.3 is 17.1 Å². The van der Waals surface area contributed by atoms with Crippen LogP contribution < -0.4 is 0 Å². The average Bonchev–Trinajstić information content (AvgIpc) is 2.58. The van der Waals surface area contributed by atoms with Crippen molar-refractivity contribution in [2.75, 3.05) is 26.4 Å². The molecule has 0 radical (unpaired) electrons. The van der Waals surface area contributed by atoms with E-state index in [1.54, 1.807) is 0 Å². The smallest absolute Gasteiger partial charge is 0.337 e. The van der Waals surface area contributed by atoms with Gasteiger partial charge in [-0.25, -0.2) is 0 Å². The molecule has 0 saturated carbocycles. The largest absolute Gasteiger partial charge is 0.394 e. The van der Waals surface area contributed by atoms with Crippen molar-refractivity contribution >= 4 is 17.1 Å². The minimum absolute atomic E-state index is 0.771. The Hall–Kier alpha value is 0.274. The highest BCUT2D eigenvalue weighted by molar-refractivity contribution is 6.67. The third-order valence-electron chi connectivity index (χ3n) is 4.57. The molecule has 0 unspecified atom stereocenters. The molecule has 0 aliphatic heterocycles. The molecule has 0 fully saturated rings. The first-order valence-corrected chi connectivity index (χ1v) is 14.6. The summed E-state index contributed by atoms with van der Waals surface area (Å²) in [6.07, 6.45) is 4.93. The van der Waals surface area contributed by atoms with Crippen LogP contribution in [0.3, 0.4) is 0 Å². The van der Waals surface area contributed by atoms with E-state index in [0.717, 1.165) is 50.6 Å². The Kier molecular flexibility index (Phi) is 14.6. The third kappa shape index (κ3) is 9.10. The second kappa shape index (κ2) is 14.4. The average molecular weight is 379 g/mol. The molecule has 0 aromatic heterocycles. The summed E-state index contributed by atoms with van der Waals surface area (Å²) in [5.74, 6) is 0. The number of rotatable bonds is 17. The molecule has 6 heteroatoms. The van der Waals surface area contributed by atoms with Gasteiger partial charge in [0.1, 0.15) is 0 Å². The highest BCUT2D eigenvalue weighted by Crippen LogP contribution is 2.25. The van der Waals surface area contributed by atoms with Crippen molar-refractivity contribution in [1.29, 1.82) is 0 Å². The molecule has 0 atom stereocenters. The molecule has 0 bridgehead atoms. The Balaban J connectivity index is 4.18. The Labute approximate surface area is 153 Å². The van der Waals surface area contributed by atoms with Crippen LogP contribution in [0.25, 0.3) is 0 Å². The molecular weight excluding hydrogens is 336 g/mol. The predicted molar refractivity (Wildman–Crippen MR) is 107 cm³/mol. The van der Waals surface area contributed by atoms with Gasteiger partial charge in [-0.3, -0.25) is 0 Å². The van der Waals surface area contributed by atoms with E-state index in [9.17, 15) is 0 Å². The van der Waals surface area contributed by atoms with E-state index >= 15 is 0 Å². The molecule has 146 valence electrons. The first-order valence-electron chi connectivity index (χ1n) is 10.1. The van der Waals surface area contributed by atoms with E-state index in [4.69, 9.17) is 17.7 Å². The van der Waals surface area contributed by atoms with Crippen molar-refractivity contribution in [3.8, 4) is 0 Å². The van der Waals surface area contributed by atoms with Gasteiger partial charge in [0.15, 0.2) is 0 Å². The van der Waals surface area contributed by atoms with Gasteiger partial charge in [-0.05, 0) is 51.9 Å². The van der Waals surface area contributed by atoms with Crippen LogP contribution in [0.5, 0.6) is 0 Å². The molecule has 24 heavy (non-hydrogen) atoms. The van der Waals surface area contributed by atoms with Crippen molar-refractivity contribution in [3.05, 3.63) is 0 Å². The SMILES string of the molecule is CCO[Si](CC)(CCCCCC[Si](CC)(OCC)OCC)OCC. The molecule has 4 nitrogen and oxygen atoms in total. The number of hydrogen-bond acceptors (Lipinski definition) is 4. The summed E-state index contributed by atoms with van der Waals surface area (Å²) in [6, 6.07) is 4.35. The zero-order valence-electron chi connectivity index (χ0n) is 17.1. The molecule has 0 spiro atoms. The van der Waals surface area contributed by atoms with Gasteiger partial charge in [-0.1, -0.05) is 39.5 Å². The monoisotopic (exact) mass is 378 g/mol. The van der Waals surface area contributed by atoms with Crippen LogP contribution in [0.2, 0.25) is 24.2 Å². The molecule has 0 N–H and O–H groups in total. The standard InChI is InChI=1S/C18H42O4Si2/c1-7-19-23(11-5,20-8-2)17-15-13-14-16-18-24(12-6,21-9-3)22-10-4/h7-18H2,1-6H3. The van der Waals surface area contributed by atoms with E-state index in [0.29, 0.717) is 0 Å². The van der Waals surface area contributed by atoms with Gasteiger partial charge in [-0.15, -0.1) is 0 Å². The maximum absolute atomic E-state index is 6.04. The minimum atomic E-state index is -1.94. The molecule has 0 aromatic carbocycles. The molecule has 0 aromatic rings. The molecule has 0 aliphatic rings. The van der Waals surface area contributed by atoms with Crippen LogP contribution in [-0.4, -0.2) is 43.5 Å². The lowest BCUT2D eigenvalue weighted by atomic mass is 10.2. The Bertz CT molecular complexity index is 250. The second-order valence-corrected chi connectivity index (χ2v) is 13.4. The Morgan fingerprint density at radius 2 is 0.750 bits per heavy atom. The van der Waals surface area contributed by atoms with Gasteiger partial charge in [0, 0.05) is 26.4 Å². The van der Waals surface area contributed by atoms with E-state index in [2.05, 4.69) is 41.5 Å². The van der Waals surface area contributed by atoms with Crippen molar-refractivity contribution in [2.45, 2.75) is 91.4 Å². The lowest BCUT2D eigenvalue weighted by Gasteiger charge is -2.29. The molecule has 0 rings (SSSR count). The zero-order chi connectivity index (χ0) is 18.3. The zero-order valence-corrected chi connectivity index (χ0v) is 19.1. The lowest BCUT2D eigenvalue weighted by Crippen LogP contribution is -2.41. The summed E-state index contributed by atoms with van der Waals surface area (Å²) >= 11 is 0. The quantitative estimate of drug-likeness (QED) is 0.243. The van der Waals surface area contributed by atoms with E-state index in [-0.39, 0.29) is 0 Å². The van der Waals surface area contributed by atoms with Crippen LogP contribution in [-0.2, 0) is 17.7 Å². The van der Waals surface area contributed by atoms with Gasteiger partial charge in [0.2, 0.25) is 0 Å². The summed E-state index contributed by atoms with van der Waals surface area (Å²) in [5.41, 5.74) is 0. The molecule has 0 amide bonds. The number of unbranched alkanes of at least 4 members (excludes halogenated alkanes) is 3. The van der Waals surface area contributed by atoms with Crippen LogP contribution in [0.15, 0.2) is 0 Å². The maximum atomic E-state index is 6.04. The van der Waals surface area contributed by atoms with Crippen molar-refractivity contribution in [2.24, 2.45) is 0 Å². The lowest BCUT2D eigenvalue weighted by molar-refractivity contribution is 0.180. The summed E-state index contributed by atoms with van der Waals surface area (Å²) in [7, 11) is -3.88. The first kappa shape index (κ1) is 24.3. The highest BCUT2D eigenvalue weighted by atomic mass is 28.4. The Morgan fingerprint density at radius 1 is 0.458 bits per heavy atom. The van der Waals surface area contributed by atoms with Gasteiger partial charge in [-0.2, -0.15) is 0 Å². The fourth-order valence-electron chi connectivity index (χ4n) is 3.33. The van der Waals surface area contributed by atoms with E-state index in [1.807, 2.05) is 0 Å². The predicted octanol–water partition coefficient (Wildman–Crippen LogP) is 5.62. The fraction of sp³-hybridized carbons (Fsp3) is 1.00. The third-order valence-corrected chi connectivity index (χ3v) is 12.2. The summed E-state index contributed by atoms with van der Waals surface area (Å²) in [5, 5.41) is 0. The van der Waals surface area contributed by atoms with Gasteiger partial charge in [0.25, 0.3) is 0 Å². The van der Waals surface area contributed by atoms with Crippen LogP contribution >= 0.6 is 0 Å². The van der Waals surface area contributed by atoms with Crippen molar-refractivity contribution < 1.29 is 17.7 Å². The topological polar surface area (TPSA) is 36.9 Å². The van der Waals surface area contributed by atoms with E-state index < -0.39 is 17.1 Å². The first-order chi connectivity index (χ1) is 11.6. The minimum Gasteiger partial charge on any atom is -0.394 e. The summed E-state index contributed by atoms with van der Waals surface area (Å²) in [4.78, 5) is 0. The molecule has 0 heterocycles. The molecule has 0 saturated heterocycles. The Morgan fingerprint density at radius 3 is 0.958 bits per heavy atom. The van der Waals surface area contributed by atoms with Crippen LogP contribution in [0.1, 0.15) is 67.2 Å². The maximum Gasteiger partial charge on any atom is 0.337 e. The fourth-order valence-corrected chi connectivity index (χ4v) is 9.28. The second-order valence-electron chi connectivity index (χ2n) is 6.17. The van der Waals surface area contributed by atoms with Gasteiger partial charge in [0.05, 0.1) is 0 Å². The molecular formula is C18H42O4Si2. The van der Waals surface area contributed by atoms with Crippen molar-refractivity contribution in [3.63, 3.8) is 0 Å². The summed E-state index contributed by atoms with van der Waals surface area (Å²) in [6.45, 7) is 15.8. The van der Waals surface area contributed by atoms with E-state index in [1.165, 1.54) is 25.7 Å².